The minimum Gasteiger partial charge on any atom is -0.378 e. The molecule has 5 aromatic rings. The van der Waals surface area contributed by atoms with Crippen LogP contribution in [0.25, 0.3) is 27.7 Å². The topological polar surface area (TPSA) is 61.4 Å². The number of nitrogens with zero attached hydrogens (tertiary/aromatic N) is 4. The van der Waals surface area contributed by atoms with Crippen LogP contribution in [0.5, 0.6) is 0 Å². The number of rotatable bonds is 6. The maximum atomic E-state index is 13.1. The second kappa shape index (κ2) is 8.26. The molecule has 156 valence electrons. The Morgan fingerprint density at radius 1 is 1.16 bits per heavy atom. The van der Waals surface area contributed by atoms with Gasteiger partial charge in [0.1, 0.15) is 0 Å². The summed E-state index contributed by atoms with van der Waals surface area (Å²) in [4.78, 5) is 19.0. The molecule has 31 heavy (non-hydrogen) atoms. The monoisotopic (exact) mass is 450 g/mol. The maximum absolute atomic E-state index is 13.1. The molecule has 0 aliphatic heterocycles. The molecule has 0 saturated carbocycles. The Morgan fingerprint density at radius 3 is 2.74 bits per heavy atom. The summed E-state index contributed by atoms with van der Waals surface area (Å²) in [5.74, 6) is 0. The molecule has 0 unspecified atom stereocenters. The highest BCUT2D eigenvalue weighted by molar-refractivity contribution is 7.09. The molecule has 0 aliphatic rings. The second-order valence-corrected chi connectivity index (χ2v) is 8.67. The molecule has 8 heteroatoms. The number of fused-ring (bicyclic) bond motifs is 3. The Hall–Kier alpha value is -3.00. The van der Waals surface area contributed by atoms with E-state index < -0.39 is 0 Å². The summed E-state index contributed by atoms with van der Waals surface area (Å²) in [5.41, 5.74) is 3.91. The Balaban J connectivity index is 1.64. The lowest BCUT2D eigenvalue weighted by atomic mass is 10.1. The van der Waals surface area contributed by atoms with Gasteiger partial charge in [-0.15, -0.1) is 11.3 Å². The number of aryl methyl sites for hydroxylation is 2. The molecule has 6 nitrogen and oxygen atoms in total. The fraction of sp³-hybridized carbons (Fsp3) is 0.174. The van der Waals surface area contributed by atoms with Gasteiger partial charge in [0.25, 0.3) is 5.56 Å². The first-order chi connectivity index (χ1) is 15.2. The van der Waals surface area contributed by atoms with E-state index in [9.17, 15) is 4.79 Å². The largest absolute Gasteiger partial charge is 0.378 e. The number of benzene rings is 1. The van der Waals surface area contributed by atoms with E-state index in [1.165, 1.54) is 4.88 Å². The van der Waals surface area contributed by atoms with E-state index in [0.717, 1.165) is 28.8 Å². The van der Waals surface area contributed by atoms with Crippen molar-refractivity contribution in [2.75, 3.05) is 7.11 Å². The number of halogens is 1. The molecule has 0 saturated heterocycles. The van der Waals surface area contributed by atoms with Crippen LogP contribution in [0.3, 0.4) is 0 Å². The van der Waals surface area contributed by atoms with Crippen molar-refractivity contribution < 1.29 is 4.74 Å². The molecule has 5 rings (SSSR count). The number of aromatic nitrogens is 4. The molecule has 0 atom stereocenters. The summed E-state index contributed by atoms with van der Waals surface area (Å²) in [5, 5.41) is 7.98. The number of ether oxygens (including phenoxy) is 1. The Labute approximate surface area is 187 Å². The number of pyridine rings is 1. The normalized spacial score (nSPS) is 11.5. The summed E-state index contributed by atoms with van der Waals surface area (Å²) in [6, 6.07) is 13.6. The summed E-state index contributed by atoms with van der Waals surface area (Å²) < 4.78 is 8.84. The first-order valence-corrected chi connectivity index (χ1v) is 11.1. The van der Waals surface area contributed by atoms with Gasteiger partial charge in [0, 0.05) is 35.9 Å². The summed E-state index contributed by atoms with van der Waals surface area (Å²) in [7, 11) is 1.63. The van der Waals surface area contributed by atoms with E-state index >= 15 is 0 Å². The lowest BCUT2D eigenvalue weighted by molar-refractivity contribution is 0.181. The van der Waals surface area contributed by atoms with Gasteiger partial charge < -0.3 is 9.30 Å². The van der Waals surface area contributed by atoms with Gasteiger partial charge >= 0.3 is 0 Å². The minimum absolute atomic E-state index is 0.0692. The van der Waals surface area contributed by atoms with Crippen molar-refractivity contribution in [2.45, 2.75) is 19.6 Å². The maximum Gasteiger partial charge on any atom is 0.261 e. The van der Waals surface area contributed by atoms with Crippen LogP contribution in [0.2, 0.25) is 5.02 Å². The quantitative estimate of drug-likeness (QED) is 0.372. The highest BCUT2D eigenvalue weighted by Gasteiger charge is 2.18. The lowest BCUT2D eigenvalue weighted by Crippen LogP contribution is -2.21. The van der Waals surface area contributed by atoms with Crippen molar-refractivity contribution in [3.05, 3.63) is 86.2 Å². The first kappa shape index (κ1) is 19.9. The van der Waals surface area contributed by atoms with Gasteiger partial charge in [-0.05, 0) is 41.6 Å². The Bertz CT molecular complexity index is 1420. The lowest BCUT2D eigenvalue weighted by Gasteiger charge is -2.07. The van der Waals surface area contributed by atoms with E-state index in [1.807, 2.05) is 48.0 Å². The predicted molar refractivity (Wildman–Crippen MR) is 124 cm³/mol. The van der Waals surface area contributed by atoms with Crippen molar-refractivity contribution in [1.82, 2.24) is 19.2 Å². The van der Waals surface area contributed by atoms with Crippen molar-refractivity contribution in [2.24, 2.45) is 0 Å². The van der Waals surface area contributed by atoms with Crippen molar-refractivity contribution in [3.63, 3.8) is 0 Å². The highest BCUT2D eigenvalue weighted by atomic mass is 35.5. The zero-order chi connectivity index (χ0) is 21.4. The average Bonchev–Trinajstić information content (AvgIpc) is 3.42. The molecular weight excluding hydrogens is 432 g/mol. The highest BCUT2D eigenvalue weighted by Crippen LogP contribution is 2.30. The number of methoxy groups -OCH3 is 1. The minimum atomic E-state index is -0.0692. The van der Waals surface area contributed by atoms with Gasteiger partial charge in [-0.25, -0.2) is 9.50 Å². The van der Waals surface area contributed by atoms with Crippen molar-refractivity contribution >= 4 is 39.5 Å². The van der Waals surface area contributed by atoms with Crippen LogP contribution in [0.15, 0.2) is 65.0 Å². The van der Waals surface area contributed by atoms with Gasteiger partial charge in [0.2, 0.25) is 0 Å². The smallest absolute Gasteiger partial charge is 0.261 e. The molecule has 0 radical (unpaired) electrons. The predicted octanol–water partition coefficient (Wildman–Crippen LogP) is 4.82. The van der Waals surface area contributed by atoms with Crippen LogP contribution in [0.4, 0.5) is 0 Å². The molecule has 1 aromatic carbocycles. The van der Waals surface area contributed by atoms with E-state index in [1.54, 1.807) is 33.7 Å². The van der Waals surface area contributed by atoms with Crippen LogP contribution in [0, 0.1) is 0 Å². The van der Waals surface area contributed by atoms with Crippen LogP contribution < -0.4 is 5.56 Å². The molecule has 0 fully saturated rings. The van der Waals surface area contributed by atoms with E-state index in [0.29, 0.717) is 29.2 Å². The number of thiophene rings is 1. The van der Waals surface area contributed by atoms with Gasteiger partial charge in [-0.3, -0.25) is 4.79 Å². The van der Waals surface area contributed by atoms with Crippen LogP contribution in [-0.2, 0) is 24.3 Å². The molecule has 0 bridgehead atoms. The van der Waals surface area contributed by atoms with E-state index in [4.69, 9.17) is 21.4 Å². The standard InChI is InChI=1S/C23H19ClN4O2S/c1-30-14-19-21(15-4-6-16(24)7-5-15)22-25-13-18-20(28(22)26-19)9-11-27(23(18)29)10-8-17-3-2-12-31-17/h2-7,9,11-13H,8,10,14H2,1H3. The van der Waals surface area contributed by atoms with Crippen molar-refractivity contribution in [1.29, 1.82) is 0 Å². The molecular formula is C23H19ClN4O2S. The van der Waals surface area contributed by atoms with Crippen molar-refractivity contribution in [3.8, 4) is 11.1 Å². The summed E-state index contributed by atoms with van der Waals surface area (Å²) in [6.07, 6.45) is 4.29. The third kappa shape index (κ3) is 3.65. The fourth-order valence-electron chi connectivity index (χ4n) is 3.77. The van der Waals surface area contributed by atoms with Crippen LogP contribution >= 0.6 is 22.9 Å². The van der Waals surface area contributed by atoms with Gasteiger partial charge in [-0.2, -0.15) is 5.10 Å². The summed E-state index contributed by atoms with van der Waals surface area (Å²) >= 11 is 7.76. The van der Waals surface area contributed by atoms with E-state index in [2.05, 4.69) is 11.1 Å². The van der Waals surface area contributed by atoms with Gasteiger partial charge in [0.05, 0.1) is 28.8 Å². The molecule has 0 N–H and O–H groups in total. The number of hydrogen-bond acceptors (Lipinski definition) is 5. The molecule has 0 amide bonds. The fourth-order valence-corrected chi connectivity index (χ4v) is 4.59. The third-order valence-electron chi connectivity index (χ3n) is 5.25. The number of hydrogen-bond donors (Lipinski definition) is 0. The Kier molecular flexibility index (Phi) is 5.31. The molecule has 4 aromatic heterocycles. The third-order valence-corrected chi connectivity index (χ3v) is 6.44. The van der Waals surface area contributed by atoms with Gasteiger partial charge in [0.15, 0.2) is 5.65 Å². The van der Waals surface area contributed by atoms with Crippen LogP contribution in [0.1, 0.15) is 10.6 Å². The average molecular weight is 451 g/mol. The van der Waals surface area contributed by atoms with E-state index in [-0.39, 0.29) is 5.56 Å². The van der Waals surface area contributed by atoms with Crippen LogP contribution in [-0.4, -0.2) is 26.3 Å². The molecule has 0 spiro atoms. The SMILES string of the molecule is COCc1nn2c(ncc3c(=O)n(CCc4cccs4)ccc32)c1-c1ccc(Cl)cc1. The molecule has 0 aliphatic carbocycles. The second-order valence-electron chi connectivity index (χ2n) is 7.20. The zero-order valence-corrected chi connectivity index (χ0v) is 18.4. The summed E-state index contributed by atoms with van der Waals surface area (Å²) in [6.45, 7) is 0.956. The van der Waals surface area contributed by atoms with Gasteiger partial charge in [-0.1, -0.05) is 29.8 Å². The zero-order valence-electron chi connectivity index (χ0n) is 16.8. The Morgan fingerprint density at radius 2 is 2.00 bits per heavy atom. The first-order valence-electron chi connectivity index (χ1n) is 9.83. The molecule has 4 heterocycles.